The van der Waals surface area contributed by atoms with E-state index in [1.807, 2.05) is 24.0 Å². The minimum Gasteiger partial charge on any atom is -0.466 e. The standard InChI is InChI=1S/C24H27N5O4/c1-4-10-26-22(30)18(14-25)13-19-21(27-20-16(3)8-6-12-29(20)23(19)31)28-11-7-9-17(15-28)24(32)33-5-2/h4,6,8,12-13,17H,1,5,7,9-11,15H2,2-3H3,(H,26,30)/b18-13+/t17-/m0/s1. The Labute approximate surface area is 192 Å². The Kier molecular flexibility index (Phi) is 7.61. The normalized spacial score (nSPS) is 16.2. The van der Waals surface area contributed by atoms with Gasteiger partial charge in [-0.15, -0.1) is 6.58 Å². The van der Waals surface area contributed by atoms with Gasteiger partial charge in [-0.3, -0.25) is 18.8 Å². The second kappa shape index (κ2) is 10.6. The molecule has 0 aromatic carbocycles. The van der Waals surface area contributed by atoms with Crippen LogP contribution >= 0.6 is 0 Å². The van der Waals surface area contributed by atoms with Crippen molar-refractivity contribution in [1.29, 1.82) is 5.26 Å². The van der Waals surface area contributed by atoms with Gasteiger partial charge < -0.3 is 15.0 Å². The number of ether oxygens (including phenoxy) is 1. The van der Waals surface area contributed by atoms with Gasteiger partial charge in [-0.2, -0.15) is 5.26 Å². The van der Waals surface area contributed by atoms with Crippen LogP contribution in [0.25, 0.3) is 11.7 Å². The first-order valence-electron chi connectivity index (χ1n) is 10.9. The molecular weight excluding hydrogens is 422 g/mol. The third-order valence-corrected chi connectivity index (χ3v) is 5.47. The second-order valence-electron chi connectivity index (χ2n) is 7.74. The molecule has 1 N–H and O–H groups in total. The lowest BCUT2D eigenvalue weighted by Gasteiger charge is -2.33. The molecule has 0 aliphatic carbocycles. The first-order chi connectivity index (χ1) is 15.9. The number of rotatable bonds is 7. The van der Waals surface area contributed by atoms with Gasteiger partial charge in [0.2, 0.25) is 0 Å². The van der Waals surface area contributed by atoms with Crippen LogP contribution in [0, 0.1) is 24.2 Å². The molecule has 0 spiro atoms. The molecule has 0 bridgehead atoms. The first kappa shape index (κ1) is 23.7. The number of fused-ring (bicyclic) bond motifs is 1. The van der Waals surface area contributed by atoms with Gasteiger partial charge in [-0.05, 0) is 44.4 Å². The van der Waals surface area contributed by atoms with Gasteiger partial charge in [-0.25, -0.2) is 4.98 Å². The molecule has 1 saturated heterocycles. The van der Waals surface area contributed by atoms with E-state index >= 15 is 0 Å². The number of aromatic nitrogens is 2. The summed E-state index contributed by atoms with van der Waals surface area (Å²) in [6, 6.07) is 5.45. The van der Waals surface area contributed by atoms with Crippen molar-refractivity contribution >= 4 is 29.4 Å². The molecule has 33 heavy (non-hydrogen) atoms. The van der Waals surface area contributed by atoms with E-state index in [1.165, 1.54) is 16.6 Å². The van der Waals surface area contributed by atoms with E-state index in [1.54, 1.807) is 19.2 Å². The van der Waals surface area contributed by atoms with E-state index in [0.717, 1.165) is 5.56 Å². The van der Waals surface area contributed by atoms with Gasteiger partial charge in [0.05, 0.1) is 18.1 Å². The lowest BCUT2D eigenvalue weighted by atomic mass is 9.97. The molecule has 0 radical (unpaired) electrons. The van der Waals surface area contributed by atoms with Crippen LogP contribution < -0.4 is 15.8 Å². The highest BCUT2D eigenvalue weighted by molar-refractivity contribution is 6.02. The topological polar surface area (TPSA) is 117 Å². The summed E-state index contributed by atoms with van der Waals surface area (Å²) in [6.07, 6.45) is 5.76. The first-order valence-corrected chi connectivity index (χ1v) is 10.9. The Morgan fingerprint density at radius 2 is 2.24 bits per heavy atom. The van der Waals surface area contributed by atoms with Crippen molar-refractivity contribution in [2.75, 3.05) is 31.1 Å². The fourth-order valence-electron chi connectivity index (χ4n) is 3.84. The molecule has 9 heteroatoms. The fraction of sp³-hybridized carbons (Fsp3) is 0.375. The molecule has 1 aliphatic rings. The quantitative estimate of drug-likeness (QED) is 0.297. The van der Waals surface area contributed by atoms with Gasteiger partial charge in [0.1, 0.15) is 23.1 Å². The fourth-order valence-corrected chi connectivity index (χ4v) is 3.84. The van der Waals surface area contributed by atoms with Gasteiger partial charge in [0, 0.05) is 25.8 Å². The third kappa shape index (κ3) is 5.12. The predicted octanol–water partition coefficient (Wildman–Crippen LogP) is 1.99. The number of anilines is 1. The van der Waals surface area contributed by atoms with Crippen LogP contribution in [-0.4, -0.2) is 47.5 Å². The predicted molar refractivity (Wildman–Crippen MR) is 125 cm³/mol. The summed E-state index contributed by atoms with van der Waals surface area (Å²) in [6.45, 7) is 8.55. The number of nitrogens with one attached hydrogen (secondary N) is 1. The van der Waals surface area contributed by atoms with Crippen LogP contribution in [0.1, 0.15) is 30.9 Å². The summed E-state index contributed by atoms with van der Waals surface area (Å²) in [5.74, 6) is -0.902. The Morgan fingerprint density at radius 3 is 2.94 bits per heavy atom. The number of nitrogens with zero attached hydrogens (tertiary/aromatic N) is 4. The van der Waals surface area contributed by atoms with Crippen molar-refractivity contribution in [2.24, 2.45) is 5.92 Å². The number of hydrogen-bond acceptors (Lipinski definition) is 7. The molecule has 0 saturated carbocycles. The molecule has 2 aromatic heterocycles. The Balaban J connectivity index is 2.16. The van der Waals surface area contributed by atoms with Crippen molar-refractivity contribution in [3.05, 3.63) is 58.0 Å². The van der Waals surface area contributed by atoms with Gasteiger partial charge in [-0.1, -0.05) is 12.1 Å². The van der Waals surface area contributed by atoms with Crippen molar-refractivity contribution in [3.8, 4) is 6.07 Å². The number of carbonyl (C=O) groups excluding carboxylic acids is 2. The Morgan fingerprint density at radius 1 is 1.45 bits per heavy atom. The van der Waals surface area contributed by atoms with E-state index < -0.39 is 11.5 Å². The molecule has 1 aliphatic heterocycles. The minimum atomic E-state index is -0.611. The zero-order valence-electron chi connectivity index (χ0n) is 18.8. The van der Waals surface area contributed by atoms with Crippen LogP contribution in [0.5, 0.6) is 0 Å². The zero-order valence-corrected chi connectivity index (χ0v) is 18.8. The molecule has 1 fully saturated rings. The maximum atomic E-state index is 13.5. The van der Waals surface area contributed by atoms with Crippen molar-refractivity contribution < 1.29 is 14.3 Å². The van der Waals surface area contributed by atoms with Crippen LogP contribution in [0.4, 0.5) is 5.82 Å². The SMILES string of the molecule is C=CCNC(=O)/C(C#N)=C/c1c(N2CCC[C@H](C(=O)OCC)C2)nc2c(C)cccn2c1=O. The number of amides is 1. The minimum absolute atomic E-state index is 0.118. The van der Waals surface area contributed by atoms with Gasteiger partial charge >= 0.3 is 5.97 Å². The van der Waals surface area contributed by atoms with Crippen molar-refractivity contribution in [2.45, 2.75) is 26.7 Å². The van der Waals surface area contributed by atoms with Crippen LogP contribution in [-0.2, 0) is 14.3 Å². The van der Waals surface area contributed by atoms with Crippen molar-refractivity contribution in [1.82, 2.24) is 14.7 Å². The number of aryl methyl sites for hydroxylation is 1. The van der Waals surface area contributed by atoms with E-state index in [4.69, 9.17) is 9.72 Å². The van der Waals surface area contributed by atoms with Crippen LogP contribution in [0.15, 0.2) is 41.4 Å². The highest BCUT2D eigenvalue weighted by Gasteiger charge is 2.30. The monoisotopic (exact) mass is 449 g/mol. The maximum Gasteiger partial charge on any atom is 0.310 e. The molecular formula is C24H27N5O4. The highest BCUT2D eigenvalue weighted by atomic mass is 16.5. The zero-order chi connectivity index (χ0) is 24.0. The second-order valence-corrected chi connectivity index (χ2v) is 7.74. The third-order valence-electron chi connectivity index (χ3n) is 5.47. The van der Waals surface area contributed by atoms with E-state index in [2.05, 4.69) is 11.9 Å². The highest BCUT2D eigenvalue weighted by Crippen LogP contribution is 2.26. The average molecular weight is 450 g/mol. The van der Waals surface area contributed by atoms with E-state index in [0.29, 0.717) is 44.0 Å². The number of piperidine rings is 1. The lowest BCUT2D eigenvalue weighted by molar-refractivity contribution is -0.148. The molecule has 9 nitrogen and oxygen atoms in total. The Hall–Kier alpha value is -3.93. The lowest BCUT2D eigenvalue weighted by Crippen LogP contribution is -2.41. The molecule has 2 aromatic rings. The average Bonchev–Trinajstić information content (AvgIpc) is 2.82. The summed E-state index contributed by atoms with van der Waals surface area (Å²) < 4.78 is 6.59. The summed E-state index contributed by atoms with van der Waals surface area (Å²) in [5.41, 5.74) is 0.773. The number of carbonyl (C=O) groups is 2. The summed E-state index contributed by atoms with van der Waals surface area (Å²) in [4.78, 5) is 44.8. The van der Waals surface area contributed by atoms with Crippen LogP contribution in [0.3, 0.4) is 0 Å². The van der Waals surface area contributed by atoms with E-state index in [-0.39, 0.29) is 29.6 Å². The molecule has 3 heterocycles. The Bertz CT molecular complexity index is 1210. The summed E-state index contributed by atoms with van der Waals surface area (Å²) in [7, 11) is 0. The largest absolute Gasteiger partial charge is 0.466 e. The maximum absolute atomic E-state index is 13.5. The molecule has 3 rings (SSSR count). The van der Waals surface area contributed by atoms with Crippen molar-refractivity contribution in [3.63, 3.8) is 0 Å². The number of hydrogen-bond donors (Lipinski definition) is 1. The van der Waals surface area contributed by atoms with Gasteiger partial charge in [0.25, 0.3) is 11.5 Å². The van der Waals surface area contributed by atoms with E-state index in [9.17, 15) is 19.6 Å². The molecule has 1 atom stereocenters. The van der Waals surface area contributed by atoms with Crippen LogP contribution in [0.2, 0.25) is 0 Å². The smallest absolute Gasteiger partial charge is 0.310 e. The molecule has 1 amide bonds. The molecule has 172 valence electrons. The summed E-state index contributed by atoms with van der Waals surface area (Å²) in [5, 5.41) is 12.1. The van der Waals surface area contributed by atoms with Gasteiger partial charge in [0.15, 0.2) is 0 Å². The number of nitriles is 1. The molecule has 0 unspecified atom stereocenters. The summed E-state index contributed by atoms with van der Waals surface area (Å²) >= 11 is 0. The number of pyridine rings is 1. The number of esters is 1.